The van der Waals surface area contributed by atoms with Gasteiger partial charge in [0.1, 0.15) is 42.2 Å². The molecule has 2 saturated heterocycles. The van der Waals surface area contributed by atoms with Gasteiger partial charge in [-0.1, -0.05) is 17.7 Å². The van der Waals surface area contributed by atoms with Crippen molar-refractivity contribution in [1.82, 2.24) is 14.5 Å². The Morgan fingerprint density at radius 2 is 1.97 bits per heavy atom. The molecule has 0 amide bonds. The smallest absolute Gasteiger partial charge is 0.164 e. The summed E-state index contributed by atoms with van der Waals surface area (Å²) in [4.78, 5) is 8.54. The summed E-state index contributed by atoms with van der Waals surface area (Å²) in [7, 11) is 0. The number of fused-ring (bicyclic) bond motifs is 3. The normalized spacial score (nSPS) is 31.4. The molecule has 0 saturated carbocycles. The second-order valence-electron chi connectivity index (χ2n) is 9.01. The van der Waals surface area contributed by atoms with Crippen molar-refractivity contribution in [2.45, 2.75) is 63.1 Å². The van der Waals surface area contributed by atoms with E-state index in [2.05, 4.69) is 9.97 Å². The van der Waals surface area contributed by atoms with Crippen molar-refractivity contribution in [2.24, 2.45) is 0 Å². The van der Waals surface area contributed by atoms with E-state index < -0.39 is 12.0 Å². The van der Waals surface area contributed by atoms with Gasteiger partial charge in [-0.15, -0.1) is 0 Å². The van der Waals surface area contributed by atoms with Gasteiger partial charge in [-0.05, 0) is 56.0 Å². The molecule has 2 aromatic heterocycles. The monoisotopic (exact) mass is 456 g/mol. The predicted molar refractivity (Wildman–Crippen MR) is 118 cm³/mol. The highest BCUT2D eigenvalue weighted by Gasteiger charge is 2.58. The first-order chi connectivity index (χ1) is 15.4. The maximum atomic E-state index is 6.65. The molecule has 0 spiro atoms. The summed E-state index contributed by atoms with van der Waals surface area (Å²) in [5.74, 6) is -0.304. The molecule has 3 aliphatic heterocycles. The van der Waals surface area contributed by atoms with E-state index in [9.17, 15) is 0 Å². The Bertz CT molecular complexity index is 1180. The van der Waals surface area contributed by atoms with Gasteiger partial charge in [0.15, 0.2) is 12.0 Å². The van der Waals surface area contributed by atoms with Gasteiger partial charge in [-0.3, -0.25) is 0 Å². The lowest BCUT2D eigenvalue weighted by atomic mass is 9.94. The van der Waals surface area contributed by atoms with Gasteiger partial charge >= 0.3 is 0 Å². The molecular formula is C23H25ClN4O4. The molecule has 6 rings (SSSR count). The highest BCUT2D eigenvalue weighted by atomic mass is 35.5. The van der Waals surface area contributed by atoms with E-state index in [4.69, 9.17) is 36.3 Å². The van der Waals surface area contributed by atoms with E-state index in [0.717, 1.165) is 28.8 Å². The maximum absolute atomic E-state index is 6.65. The van der Waals surface area contributed by atoms with Gasteiger partial charge in [-0.25, -0.2) is 9.97 Å². The van der Waals surface area contributed by atoms with E-state index in [0.29, 0.717) is 18.1 Å². The first-order valence-electron chi connectivity index (χ1n) is 10.9. The number of nitrogens with zero attached hydrogens (tertiary/aromatic N) is 3. The number of aromatic nitrogens is 3. The molecule has 5 atom stereocenters. The lowest BCUT2D eigenvalue weighted by Gasteiger charge is -2.29. The summed E-state index contributed by atoms with van der Waals surface area (Å²) in [5.41, 5.74) is 9.03. The van der Waals surface area contributed by atoms with Crippen LogP contribution in [-0.4, -0.2) is 45.2 Å². The number of nitrogen functional groups attached to an aromatic ring is 1. The minimum atomic E-state index is -0.736. The number of aryl methyl sites for hydroxylation is 1. The molecule has 0 aliphatic carbocycles. The lowest BCUT2D eigenvalue weighted by Crippen LogP contribution is -2.35. The van der Waals surface area contributed by atoms with E-state index in [1.165, 1.54) is 11.9 Å². The van der Waals surface area contributed by atoms with Crippen LogP contribution in [0.5, 0.6) is 0 Å². The number of anilines is 1. The number of hydrogen-bond acceptors (Lipinski definition) is 7. The molecule has 3 aromatic rings. The summed E-state index contributed by atoms with van der Waals surface area (Å²) < 4.78 is 27.6. The van der Waals surface area contributed by atoms with Crippen LogP contribution in [0.2, 0.25) is 5.02 Å². The Hall–Kier alpha value is -2.23. The Morgan fingerprint density at radius 3 is 2.84 bits per heavy atom. The molecule has 0 bridgehead atoms. The molecule has 32 heavy (non-hydrogen) atoms. The van der Waals surface area contributed by atoms with Crippen LogP contribution in [0, 0.1) is 0 Å². The highest BCUT2D eigenvalue weighted by Crippen LogP contribution is 2.49. The number of rotatable bonds is 2. The first kappa shape index (κ1) is 20.4. The van der Waals surface area contributed by atoms with Crippen LogP contribution in [0.25, 0.3) is 11.0 Å². The van der Waals surface area contributed by atoms with Gasteiger partial charge in [0.2, 0.25) is 0 Å². The van der Waals surface area contributed by atoms with Crippen molar-refractivity contribution in [3.8, 4) is 0 Å². The average Bonchev–Trinajstić information content (AvgIpc) is 3.35. The molecule has 2 N–H and O–H groups in total. The Kier molecular flexibility index (Phi) is 4.71. The van der Waals surface area contributed by atoms with Crippen molar-refractivity contribution < 1.29 is 18.9 Å². The quantitative estimate of drug-likeness (QED) is 0.627. The average molecular weight is 457 g/mol. The third kappa shape index (κ3) is 3.21. The largest absolute Gasteiger partial charge is 0.383 e. The Labute approximate surface area is 190 Å². The van der Waals surface area contributed by atoms with Crippen molar-refractivity contribution in [3.63, 3.8) is 0 Å². The molecule has 0 radical (unpaired) electrons. The number of nitrogens with two attached hydrogens (primary N) is 1. The molecule has 8 nitrogen and oxygen atoms in total. The topological polar surface area (TPSA) is 93.7 Å². The van der Waals surface area contributed by atoms with E-state index in [1.54, 1.807) is 0 Å². The molecule has 5 heterocycles. The summed E-state index contributed by atoms with van der Waals surface area (Å²) in [6.45, 7) is 4.49. The van der Waals surface area contributed by atoms with Crippen molar-refractivity contribution >= 4 is 28.5 Å². The van der Waals surface area contributed by atoms with E-state index in [1.807, 2.05) is 48.9 Å². The highest BCUT2D eigenvalue weighted by molar-refractivity contribution is 6.30. The van der Waals surface area contributed by atoms with Gasteiger partial charge in [-0.2, -0.15) is 0 Å². The SMILES string of the molecule is CC1(C)O[C@@H]2[C@H](O1)C([C@@H]1OCCCc3cc(Cl)ccc31)O[C@H]2n1ccc2c(N)ncnc21. The number of hydrogen-bond donors (Lipinski definition) is 1. The number of benzene rings is 1. The first-order valence-corrected chi connectivity index (χ1v) is 11.3. The number of halogens is 1. The molecule has 2 fully saturated rings. The fourth-order valence-electron chi connectivity index (χ4n) is 5.17. The molecule has 168 valence electrons. The van der Waals surface area contributed by atoms with Gasteiger partial charge in [0, 0.05) is 17.8 Å². The second-order valence-corrected chi connectivity index (χ2v) is 9.45. The summed E-state index contributed by atoms with van der Waals surface area (Å²) in [6, 6.07) is 7.87. The van der Waals surface area contributed by atoms with Crippen molar-refractivity contribution in [3.05, 3.63) is 52.9 Å². The van der Waals surface area contributed by atoms with Crippen molar-refractivity contribution in [2.75, 3.05) is 12.3 Å². The molecular weight excluding hydrogens is 432 g/mol. The van der Waals surface area contributed by atoms with Crippen LogP contribution in [-0.2, 0) is 25.4 Å². The minimum absolute atomic E-state index is 0.290. The summed E-state index contributed by atoms with van der Waals surface area (Å²) >= 11 is 6.28. The van der Waals surface area contributed by atoms with Crippen LogP contribution in [0.3, 0.4) is 0 Å². The van der Waals surface area contributed by atoms with Gasteiger partial charge in [0.25, 0.3) is 0 Å². The van der Waals surface area contributed by atoms with Crippen LogP contribution in [0.1, 0.15) is 43.7 Å². The zero-order chi connectivity index (χ0) is 22.0. The number of ether oxygens (including phenoxy) is 4. The lowest BCUT2D eigenvalue weighted by molar-refractivity contribution is -0.211. The third-order valence-corrected chi connectivity index (χ3v) is 6.71. The third-order valence-electron chi connectivity index (χ3n) is 6.48. The summed E-state index contributed by atoms with van der Waals surface area (Å²) in [6.07, 6.45) is 3.48. The van der Waals surface area contributed by atoms with E-state index >= 15 is 0 Å². The standard InChI is InChI=1S/C23H25ClN4O4/c1-23(2)31-18-17(16-14-6-5-13(24)10-12(14)4-3-9-29-16)30-22(19(18)32-23)28-8-7-15-20(25)26-11-27-21(15)28/h5-8,10-11,16-19,22H,3-4,9H2,1-2H3,(H2,25,26,27)/t16-,17?,18-,19-,22-/m1/s1. The fourth-order valence-corrected chi connectivity index (χ4v) is 5.37. The zero-order valence-corrected chi connectivity index (χ0v) is 18.7. The van der Waals surface area contributed by atoms with Crippen LogP contribution < -0.4 is 5.73 Å². The molecule has 3 aliphatic rings. The Balaban J connectivity index is 1.42. The van der Waals surface area contributed by atoms with Crippen LogP contribution in [0.4, 0.5) is 5.82 Å². The minimum Gasteiger partial charge on any atom is -0.383 e. The van der Waals surface area contributed by atoms with E-state index in [-0.39, 0.29) is 24.4 Å². The van der Waals surface area contributed by atoms with Crippen molar-refractivity contribution in [1.29, 1.82) is 0 Å². The molecule has 1 aromatic carbocycles. The molecule has 9 heteroatoms. The van der Waals surface area contributed by atoms with Crippen LogP contribution in [0.15, 0.2) is 36.8 Å². The molecule has 1 unspecified atom stereocenters. The Morgan fingerprint density at radius 1 is 1.12 bits per heavy atom. The summed E-state index contributed by atoms with van der Waals surface area (Å²) in [5, 5.41) is 1.50. The van der Waals surface area contributed by atoms with Crippen LogP contribution >= 0.6 is 11.6 Å². The van der Waals surface area contributed by atoms with Gasteiger partial charge in [0.05, 0.1) is 5.39 Å². The second kappa shape index (κ2) is 7.40. The zero-order valence-electron chi connectivity index (χ0n) is 17.9. The fraction of sp³-hybridized carbons (Fsp3) is 0.478. The van der Waals surface area contributed by atoms with Gasteiger partial charge < -0.3 is 29.2 Å². The maximum Gasteiger partial charge on any atom is 0.164 e. The predicted octanol–water partition coefficient (Wildman–Crippen LogP) is 3.79.